The Bertz CT molecular complexity index is 686. The Morgan fingerprint density at radius 1 is 1.26 bits per heavy atom. The highest BCUT2D eigenvalue weighted by Gasteiger charge is 2.44. The van der Waals surface area contributed by atoms with Gasteiger partial charge in [-0.15, -0.1) is 0 Å². The summed E-state index contributed by atoms with van der Waals surface area (Å²) >= 11 is 0. The molecule has 0 atom stereocenters. The van der Waals surface area contributed by atoms with Crippen LogP contribution in [-0.2, 0) is 9.59 Å². The quantitative estimate of drug-likeness (QED) is 0.896. The normalized spacial score (nSPS) is 18.0. The van der Waals surface area contributed by atoms with Gasteiger partial charge in [-0.05, 0) is 18.4 Å². The molecule has 0 unspecified atom stereocenters. The maximum Gasteiger partial charge on any atom is 0.243 e. The summed E-state index contributed by atoms with van der Waals surface area (Å²) in [6.07, 6.45) is 2.31. The van der Waals surface area contributed by atoms with Crippen molar-refractivity contribution in [3.8, 4) is 6.07 Å². The lowest BCUT2D eigenvalue weighted by atomic mass is 10.1. The summed E-state index contributed by atoms with van der Waals surface area (Å²) in [6.45, 7) is 0.548. The van der Waals surface area contributed by atoms with Crippen LogP contribution in [0.2, 0.25) is 0 Å². The van der Waals surface area contributed by atoms with Crippen molar-refractivity contribution in [3.63, 3.8) is 0 Å². The minimum absolute atomic E-state index is 0.0922. The van der Waals surface area contributed by atoms with E-state index in [2.05, 4.69) is 16.5 Å². The van der Waals surface area contributed by atoms with Crippen LogP contribution in [0.15, 0.2) is 35.4 Å². The Morgan fingerprint density at radius 3 is 2.65 bits per heavy atom. The molecular formula is C17H18N4O2. The second-order valence-corrected chi connectivity index (χ2v) is 5.92. The lowest BCUT2D eigenvalue weighted by molar-refractivity contribution is -0.133. The number of hydrogen-bond acceptors (Lipinski definition) is 4. The van der Waals surface area contributed by atoms with Crippen molar-refractivity contribution in [2.75, 3.05) is 6.54 Å². The average Bonchev–Trinajstić information content (AvgIpc) is 3.17. The van der Waals surface area contributed by atoms with Crippen molar-refractivity contribution >= 4 is 17.5 Å². The van der Waals surface area contributed by atoms with Crippen molar-refractivity contribution < 1.29 is 9.59 Å². The first-order valence-corrected chi connectivity index (χ1v) is 7.77. The van der Waals surface area contributed by atoms with Gasteiger partial charge in [0.25, 0.3) is 0 Å². The predicted octanol–water partition coefficient (Wildman–Crippen LogP) is 1.58. The minimum Gasteiger partial charge on any atom is -0.338 e. The molecule has 2 aliphatic rings. The van der Waals surface area contributed by atoms with Gasteiger partial charge >= 0.3 is 0 Å². The molecule has 0 aromatic heterocycles. The first-order chi connectivity index (χ1) is 11.1. The highest BCUT2D eigenvalue weighted by atomic mass is 16.2. The van der Waals surface area contributed by atoms with E-state index in [-0.39, 0.29) is 24.7 Å². The number of hydrogen-bond donors (Lipinski definition) is 1. The van der Waals surface area contributed by atoms with Gasteiger partial charge in [-0.1, -0.05) is 30.3 Å². The Kier molecular flexibility index (Phi) is 4.11. The maximum absolute atomic E-state index is 12.2. The van der Waals surface area contributed by atoms with Crippen LogP contribution < -0.4 is 5.32 Å². The molecule has 3 rings (SSSR count). The molecule has 1 saturated carbocycles. The fourth-order valence-electron chi connectivity index (χ4n) is 2.54. The van der Waals surface area contributed by atoms with Gasteiger partial charge in [0.15, 0.2) is 0 Å². The summed E-state index contributed by atoms with van der Waals surface area (Å²) in [4.78, 5) is 23.9. The molecule has 1 aromatic rings. The molecule has 6 heteroatoms. The van der Waals surface area contributed by atoms with Gasteiger partial charge in [0.05, 0.1) is 18.3 Å². The molecule has 23 heavy (non-hydrogen) atoms. The van der Waals surface area contributed by atoms with Crippen LogP contribution in [0.3, 0.4) is 0 Å². The topological polar surface area (TPSA) is 85.6 Å². The standard InChI is InChI=1S/C17H18N4O2/c18-12-17(9-10-17)19-15(22)6-7-16(23)21-11-8-14(20-21)13-4-2-1-3-5-13/h1-5H,6-11H2,(H,19,22). The Balaban J connectivity index is 1.50. The molecule has 6 nitrogen and oxygen atoms in total. The second kappa shape index (κ2) is 6.21. The number of rotatable bonds is 5. The number of carbonyl (C=O) groups is 2. The van der Waals surface area contributed by atoms with Crippen LogP contribution in [0.5, 0.6) is 0 Å². The predicted molar refractivity (Wildman–Crippen MR) is 84.3 cm³/mol. The van der Waals surface area contributed by atoms with Gasteiger partial charge in [-0.3, -0.25) is 9.59 Å². The van der Waals surface area contributed by atoms with E-state index in [1.807, 2.05) is 30.3 Å². The van der Waals surface area contributed by atoms with E-state index in [9.17, 15) is 9.59 Å². The molecule has 0 spiro atoms. The number of benzene rings is 1. The van der Waals surface area contributed by atoms with Crippen molar-refractivity contribution in [3.05, 3.63) is 35.9 Å². The summed E-state index contributed by atoms with van der Waals surface area (Å²) < 4.78 is 0. The van der Waals surface area contributed by atoms with Crippen LogP contribution >= 0.6 is 0 Å². The molecule has 1 aliphatic carbocycles. The number of nitriles is 1. The Morgan fingerprint density at radius 2 is 2.00 bits per heavy atom. The van der Waals surface area contributed by atoms with E-state index in [0.717, 1.165) is 17.7 Å². The number of nitrogens with zero attached hydrogens (tertiary/aromatic N) is 3. The molecule has 1 aromatic carbocycles. The fraction of sp³-hybridized carbons (Fsp3) is 0.412. The van der Waals surface area contributed by atoms with Crippen LogP contribution in [0.25, 0.3) is 0 Å². The van der Waals surface area contributed by atoms with E-state index in [0.29, 0.717) is 19.4 Å². The smallest absolute Gasteiger partial charge is 0.243 e. The molecule has 0 bridgehead atoms. The molecule has 2 amide bonds. The summed E-state index contributed by atoms with van der Waals surface area (Å²) in [5.74, 6) is -0.406. The largest absolute Gasteiger partial charge is 0.338 e. The van der Waals surface area contributed by atoms with Gasteiger partial charge in [0, 0.05) is 19.3 Å². The first-order valence-electron chi connectivity index (χ1n) is 7.77. The summed E-state index contributed by atoms with van der Waals surface area (Å²) in [6, 6.07) is 11.9. The molecule has 1 N–H and O–H groups in total. The molecule has 1 fully saturated rings. The summed E-state index contributed by atoms with van der Waals surface area (Å²) in [7, 11) is 0. The van der Waals surface area contributed by atoms with Gasteiger partial charge in [-0.25, -0.2) is 5.01 Å². The number of carbonyl (C=O) groups excluding carboxylic acids is 2. The summed E-state index contributed by atoms with van der Waals surface area (Å²) in [5.41, 5.74) is 1.24. The zero-order valence-electron chi connectivity index (χ0n) is 12.8. The van der Waals surface area contributed by atoms with Crippen LogP contribution in [0, 0.1) is 11.3 Å². The third kappa shape index (κ3) is 3.57. The zero-order valence-corrected chi connectivity index (χ0v) is 12.8. The second-order valence-electron chi connectivity index (χ2n) is 5.92. The Labute approximate surface area is 134 Å². The molecule has 0 radical (unpaired) electrons. The minimum atomic E-state index is -0.674. The van der Waals surface area contributed by atoms with Crippen LogP contribution in [-0.4, -0.2) is 34.6 Å². The molecule has 118 valence electrons. The molecular weight excluding hydrogens is 292 g/mol. The highest BCUT2D eigenvalue weighted by molar-refractivity contribution is 6.02. The van der Waals surface area contributed by atoms with E-state index in [1.165, 1.54) is 5.01 Å². The van der Waals surface area contributed by atoms with E-state index in [1.54, 1.807) is 0 Å². The molecule has 1 heterocycles. The SMILES string of the molecule is N#CC1(NC(=O)CCC(=O)N2CCC(c3ccccc3)=N2)CC1. The summed E-state index contributed by atoms with van der Waals surface area (Å²) in [5, 5.41) is 17.4. The molecule has 1 aliphatic heterocycles. The third-order valence-corrected chi connectivity index (χ3v) is 4.11. The number of amides is 2. The number of nitrogens with one attached hydrogen (secondary N) is 1. The molecule has 0 saturated heterocycles. The maximum atomic E-state index is 12.2. The highest BCUT2D eigenvalue weighted by Crippen LogP contribution is 2.34. The van der Waals surface area contributed by atoms with Crippen LogP contribution in [0.1, 0.15) is 37.7 Å². The van der Waals surface area contributed by atoms with Gasteiger partial charge in [0.1, 0.15) is 5.54 Å². The first kappa shape index (κ1) is 15.2. The van der Waals surface area contributed by atoms with Crippen molar-refractivity contribution in [2.24, 2.45) is 5.10 Å². The monoisotopic (exact) mass is 310 g/mol. The lowest BCUT2D eigenvalue weighted by Gasteiger charge is -2.12. The average molecular weight is 310 g/mol. The third-order valence-electron chi connectivity index (χ3n) is 4.11. The fourth-order valence-corrected chi connectivity index (χ4v) is 2.54. The number of hydrazone groups is 1. The van der Waals surface area contributed by atoms with Gasteiger partial charge in [0.2, 0.25) is 11.8 Å². The van der Waals surface area contributed by atoms with Crippen LogP contribution in [0.4, 0.5) is 0 Å². The van der Waals surface area contributed by atoms with E-state index < -0.39 is 5.54 Å². The van der Waals surface area contributed by atoms with Gasteiger partial charge in [-0.2, -0.15) is 10.4 Å². The van der Waals surface area contributed by atoms with E-state index in [4.69, 9.17) is 5.26 Å². The van der Waals surface area contributed by atoms with Gasteiger partial charge < -0.3 is 5.32 Å². The van der Waals surface area contributed by atoms with E-state index >= 15 is 0 Å². The zero-order chi connectivity index (χ0) is 16.3. The lowest BCUT2D eigenvalue weighted by Crippen LogP contribution is -2.36. The Hall–Kier alpha value is -2.68. The van der Waals surface area contributed by atoms with Crippen molar-refractivity contribution in [2.45, 2.75) is 37.6 Å². The van der Waals surface area contributed by atoms with Crippen molar-refractivity contribution in [1.82, 2.24) is 10.3 Å². The van der Waals surface area contributed by atoms with Crippen molar-refractivity contribution in [1.29, 1.82) is 5.26 Å².